The fourth-order valence-electron chi connectivity index (χ4n) is 3.19. The molecule has 4 nitrogen and oxygen atoms in total. The van der Waals surface area contributed by atoms with Crippen molar-refractivity contribution in [3.05, 3.63) is 65.2 Å². The van der Waals surface area contributed by atoms with Crippen molar-refractivity contribution in [3.8, 4) is 0 Å². The van der Waals surface area contributed by atoms with Gasteiger partial charge in [-0.15, -0.1) is 0 Å². The number of nitrogens with one attached hydrogen (secondary N) is 2. The van der Waals surface area contributed by atoms with Gasteiger partial charge in [-0.05, 0) is 48.4 Å². The molecule has 0 spiro atoms. The Balaban J connectivity index is 1.67. The Morgan fingerprint density at radius 2 is 1.65 bits per heavy atom. The summed E-state index contributed by atoms with van der Waals surface area (Å²) in [4.78, 5) is 25.5. The minimum absolute atomic E-state index is 0.180. The zero-order valence-corrected chi connectivity index (χ0v) is 15.6. The molecule has 2 N–H and O–H groups in total. The molecular weight excluding hydrogens is 324 g/mol. The molecule has 1 aliphatic rings. The molecule has 1 saturated carbocycles. The number of hydrogen-bond acceptors (Lipinski definition) is 2. The maximum absolute atomic E-state index is 12.8. The second-order valence-corrected chi connectivity index (χ2v) is 7.39. The minimum atomic E-state index is -0.924. The maximum Gasteiger partial charge on any atom is 0.240 e. The lowest BCUT2D eigenvalue weighted by atomic mass is 9.99. The van der Waals surface area contributed by atoms with Crippen molar-refractivity contribution < 1.29 is 9.59 Å². The summed E-state index contributed by atoms with van der Waals surface area (Å²) in [5.41, 5.74) is 3.16. The van der Waals surface area contributed by atoms with Crippen molar-refractivity contribution in [2.24, 2.45) is 5.41 Å². The highest BCUT2D eigenvalue weighted by Gasteiger charge is 2.56. The summed E-state index contributed by atoms with van der Waals surface area (Å²) < 4.78 is 0. The number of amides is 2. The number of hydrogen-bond donors (Lipinski definition) is 2. The van der Waals surface area contributed by atoms with E-state index in [1.54, 1.807) is 0 Å². The number of rotatable bonds is 6. The normalized spacial score (nSPS) is 14.8. The third-order valence-electron chi connectivity index (χ3n) is 5.15. The summed E-state index contributed by atoms with van der Waals surface area (Å²) in [5.74, 6) is -0.0790. The number of anilines is 1. The molecule has 0 saturated heterocycles. The molecule has 136 valence electrons. The van der Waals surface area contributed by atoms with Crippen LogP contribution in [0.3, 0.4) is 0 Å². The van der Waals surface area contributed by atoms with E-state index in [2.05, 4.69) is 24.5 Å². The van der Waals surface area contributed by atoms with E-state index in [4.69, 9.17) is 0 Å². The van der Waals surface area contributed by atoms with Gasteiger partial charge in [0.1, 0.15) is 5.41 Å². The zero-order valence-electron chi connectivity index (χ0n) is 15.6. The maximum atomic E-state index is 12.8. The van der Waals surface area contributed by atoms with Crippen LogP contribution in [0.25, 0.3) is 0 Å². The third kappa shape index (κ3) is 3.64. The van der Waals surface area contributed by atoms with Gasteiger partial charge in [-0.2, -0.15) is 0 Å². The van der Waals surface area contributed by atoms with E-state index in [0.29, 0.717) is 25.3 Å². The molecule has 0 bridgehead atoms. The molecule has 2 aromatic rings. The van der Waals surface area contributed by atoms with E-state index in [-0.39, 0.29) is 11.8 Å². The highest BCUT2D eigenvalue weighted by molar-refractivity contribution is 6.13. The van der Waals surface area contributed by atoms with E-state index in [0.717, 1.165) is 22.4 Å². The largest absolute Gasteiger partial charge is 0.351 e. The van der Waals surface area contributed by atoms with Gasteiger partial charge < -0.3 is 10.6 Å². The van der Waals surface area contributed by atoms with Crippen LogP contribution in [-0.2, 0) is 16.1 Å². The second-order valence-electron chi connectivity index (χ2n) is 7.39. The Labute approximate surface area is 155 Å². The van der Waals surface area contributed by atoms with E-state index in [1.165, 1.54) is 0 Å². The summed E-state index contributed by atoms with van der Waals surface area (Å²) in [5, 5.41) is 5.93. The highest BCUT2D eigenvalue weighted by atomic mass is 16.2. The molecule has 0 unspecified atom stereocenters. The zero-order chi connectivity index (χ0) is 18.7. The van der Waals surface area contributed by atoms with E-state index >= 15 is 0 Å². The van der Waals surface area contributed by atoms with Gasteiger partial charge in [0.25, 0.3) is 0 Å². The molecule has 26 heavy (non-hydrogen) atoms. The minimum Gasteiger partial charge on any atom is -0.351 e. The topological polar surface area (TPSA) is 58.2 Å². The molecule has 0 atom stereocenters. The van der Waals surface area contributed by atoms with E-state index in [1.807, 2.05) is 55.5 Å². The molecule has 0 aliphatic heterocycles. The van der Waals surface area contributed by atoms with Crippen molar-refractivity contribution >= 4 is 17.5 Å². The fraction of sp³-hybridized carbons (Fsp3) is 0.364. The first-order valence-corrected chi connectivity index (χ1v) is 9.17. The number of carbonyl (C=O) groups excluding carboxylic acids is 2. The van der Waals surface area contributed by atoms with Crippen LogP contribution in [0.5, 0.6) is 0 Å². The van der Waals surface area contributed by atoms with Crippen LogP contribution in [0.4, 0.5) is 5.69 Å². The quantitative estimate of drug-likeness (QED) is 0.769. The summed E-state index contributed by atoms with van der Waals surface area (Å²) in [6.45, 7) is 6.65. The standard InChI is InChI=1S/C22H26N2O2/c1-15(2)18-10-6-7-11-19(18)24-21(26)22(12-13-22)20(25)23-14-17-9-5-4-8-16(17)3/h4-11,15H,12-14H2,1-3H3,(H,23,25)(H,24,26). The molecule has 4 heteroatoms. The van der Waals surface area contributed by atoms with Crippen LogP contribution in [0.2, 0.25) is 0 Å². The smallest absolute Gasteiger partial charge is 0.240 e. The van der Waals surface area contributed by atoms with Crippen LogP contribution in [0.15, 0.2) is 48.5 Å². The third-order valence-corrected chi connectivity index (χ3v) is 5.15. The van der Waals surface area contributed by atoms with Gasteiger partial charge in [-0.25, -0.2) is 0 Å². The van der Waals surface area contributed by atoms with Crippen molar-refractivity contribution in [2.75, 3.05) is 5.32 Å². The molecule has 2 amide bonds. The summed E-state index contributed by atoms with van der Waals surface area (Å²) in [6.07, 6.45) is 1.20. The van der Waals surface area contributed by atoms with Gasteiger partial charge in [0.2, 0.25) is 11.8 Å². The monoisotopic (exact) mass is 350 g/mol. The Morgan fingerprint density at radius 3 is 2.31 bits per heavy atom. The van der Waals surface area contributed by atoms with Gasteiger partial charge >= 0.3 is 0 Å². The van der Waals surface area contributed by atoms with Crippen LogP contribution in [0, 0.1) is 12.3 Å². The Bertz CT molecular complexity index is 822. The summed E-state index contributed by atoms with van der Waals surface area (Å²) >= 11 is 0. The molecule has 2 aromatic carbocycles. The predicted octanol–water partition coefficient (Wildman–Crippen LogP) is 4.15. The van der Waals surface area contributed by atoms with Gasteiger partial charge in [0.05, 0.1) is 0 Å². The molecule has 1 aliphatic carbocycles. The lowest BCUT2D eigenvalue weighted by molar-refractivity contribution is -0.134. The number of benzene rings is 2. The van der Waals surface area contributed by atoms with E-state index in [9.17, 15) is 9.59 Å². The predicted molar refractivity (Wildman–Crippen MR) is 104 cm³/mol. The number of aryl methyl sites for hydroxylation is 1. The van der Waals surface area contributed by atoms with Gasteiger partial charge in [0, 0.05) is 12.2 Å². The molecular formula is C22H26N2O2. The van der Waals surface area contributed by atoms with Crippen LogP contribution in [0.1, 0.15) is 49.3 Å². The van der Waals surface area contributed by atoms with Crippen LogP contribution in [-0.4, -0.2) is 11.8 Å². The molecule has 0 aromatic heterocycles. The average molecular weight is 350 g/mol. The Hall–Kier alpha value is -2.62. The van der Waals surface area contributed by atoms with Gasteiger partial charge in [-0.3, -0.25) is 9.59 Å². The van der Waals surface area contributed by atoms with Crippen molar-refractivity contribution in [1.29, 1.82) is 0 Å². The Kier molecular flexibility index (Phi) is 5.12. The number of para-hydroxylation sites is 1. The highest BCUT2D eigenvalue weighted by Crippen LogP contribution is 2.47. The summed E-state index contributed by atoms with van der Waals surface area (Å²) in [7, 11) is 0. The first-order chi connectivity index (χ1) is 12.4. The van der Waals surface area contributed by atoms with Crippen LogP contribution >= 0.6 is 0 Å². The molecule has 0 heterocycles. The Morgan fingerprint density at radius 1 is 1.00 bits per heavy atom. The molecule has 3 rings (SSSR count). The molecule has 1 fully saturated rings. The lowest BCUT2D eigenvalue weighted by Gasteiger charge is -2.18. The second kappa shape index (κ2) is 7.32. The molecule has 0 radical (unpaired) electrons. The lowest BCUT2D eigenvalue weighted by Crippen LogP contribution is -2.39. The first kappa shape index (κ1) is 18.2. The summed E-state index contributed by atoms with van der Waals surface area (Å²) in [6, 6.07) is 15.7. The number of carbonyl (C=O) groups is 2. The van der Waals surface area contributed by atoms with Crippen LogP contribution < -0.4 is 10.6 Å². The van der Waals surface area contributed by atoms with Gasteiger partial charge in [-0.1, -0.05) is 56.3 Å². The van der Waals surface area contributed by atoms with Gasteiger partial charge in [0.15, 0.2) is 0 Å². The van der Waals surface area contributed by atoms with Crippen molar-refractivity contribution in [3.63, 3.8) is 0 Å². The first-order valence-electron chi connectivity index (χ1n) is 9.17. The average Bonchev–Trinajstić information content (AvgIpc) is 3.43. The van der Waals surface area contributed by atoms with Crippen molar-refractivity contribution in [1.82, 2.24) is 5.32 Å². The SMILES string of the molecule is Cc1ccccc1CNC(=O)C1(C(=O)Nc2ccccc2C(C)C)CC1. The fourth-order valence-corrected chi connectivity index (χ4v) is 3.19. The van der Waals surface area contributed by atoms with Crippen molar-refractivity contribution in [2.45, 2.75) is 46.1 Å². The van der Waals surface area contributed by atoms with E-state index < -0.39 is 5.41 Å².